The van der Waals surface area contributed by atoms with Crippen LogP contribution in [0.25, 0.3) is 0 Å². The molecule has 1 fully saturated rings. The molecule has 2 atom stereocenters. The third-order valence-electron chi connectivity index (χ3n) is 4.56. The molecule has 0 radical (unpaired) electrons. The van der Waals surface area contributed by atoms with Gasteiger partial charge in [-0.25, -0.2) is 0 Å². The second-order valence-electron chi connectivity index (χ2n) is 6.19. The molecule has 3 N–H and O–H groups in total. The van der Waals surface area contributed by atoms with Gasteiger partial charge in [0.2, 0.25) is 5.91 Å². The zero-order valence-electron chi connectivity index (χ0n) is 13.1. The van der Waals surface area contributed by atoms with Crippen LogP contribution in [0.2, 0.25) is 0 Å². The molecule has 0 aliphatic heterocycles. The summed E-state index contributed by atoms with van der Waals surface area (Å²) in [6.07, 6.45) is 6.65. The van der Waals surface area contributed by atoms with Gasteiger partial charge in [-0.15, -0.1) is 0 Å². The van der Waals surface area contributed by atoms with Gasteiger partial charge < -0.3 is 10.4 Å². The van der Waals surface area contributed by atoms with Crippen molar-refractivity contribution in [2.24, 2.45) is 5.92 Å². The van der Waals surface area contributed by atoms with Gasteiger partial charge in [-0.3, -0.25) is 9.89 Å². The molecule has 1 aliphatic carbocycles. The maximum atomic E-state index is 11.9. The minimum absolute atomic E-state index is 0.0480. The number of hydrogen-bond acceptors (Lipinski definition) is 3. The quantitative estimate of drug-likeness (QED) is 0.702. The number of aryl methyl sites for hydroxylation is 2. The van der Waals surface area contributed by atoms with E-state index in [0.717, 1.165) is 49.1 Å². The molecule has 5 heteroatoms. The average molecular weight is 293 g/mol. The maximum absolute atomic E-state index is 11.9. The predicted octanol–water partition coefficient (Wildman–Crippen LogP) is 2.02. The van der Waals surface area contributed by atoms with E-state index < -0.39 is 0 Å². The normalized spacial score (nSPS) is 22.2. The van der Waals surface area contributed by atoms with E-state index in [9.17, 15) is 9.90 Å². The molecule has 1 aromatic rings. The van der Waals surface area contributed by atoms with Crippen LogP contribution in [0.15, 0.2) is 0 Å². The highest BCUT2D eigenvalue weighted by molar-refractivity contribution is 5.79. The lowest BCUT2D eigenvalue weighted by Gasteiger charge is -2.27. The summed E-state index contributed by atoms with van der Waals surface area (Å²) < 4.78 is 0. The second-order valence-corrected chi connectivity index (χ2v) is 6.19. The zero-order chi connectivity index (χ0) is 15.2. The molecular formula is C16H27N3O2. The van der Waals surface area contributed by atoms with Gasteiger partial charge in [-0.2, -0.15) is 5.10 Å². The van der Waals surface area contributed by atoms with Crippen LogP contribution in [-0.4, -0.2) is 33.9 Å². The van der Waals surface area contributed by atoms with Crippen molar-refractivity contribution in [3.05, 3.63) is 17.0 Å². The Labute approximate surface area is 126 Å². The Balaban J connectivity index is 1.65. The topological polar surface area (TPSA) is 78.0 Å². The van der Waals surface area contributed by atoms with Crippen LogP contribution in [0.1, 0.15) is 55.5 Å². The minimum atomic E-state index is -0.134. The number of nitrogens with zero attached hydrogens (tertiary/aromatic N) is 1. The Morgan fingerprint density at radius 3 is 2.81 bits per heavy atom. The maximum Gasteiger partial charge on any atom is 0.224 e. The summed E-state index contributed by atoms with van der Waals surface area (Å²) in [5, 5.41) is 19.9. The van der Waals surface area contributed by atoms with Gasteiger partial charge in [0.15, 0.2) is 0 Å². The number of amides is 1. The van der Waals surface area contributed by atoms with Crippen LogP contribution in [-0.2, 0) is 11.2 Å². The van der Waals surface area contributed by atoms with Gasteiger partial charge in [0.05, 0.1) is 18.2 Å². The largest absolute Gasteiger partial charge is 0.393 e. The number of aromatic nitrogens is 2. The number of carbonyl (C=O) groups is 1. The first kappa shape index (κ1) is 16.0. The van der Waals surface area contributed by atoms with Crippen LogP contribution >= 0.6 is 0 Å². The Hall–Kier alpha value is -1.36. The summed E-state index contributed by atoms with van der Waals surface area (Å²) in [6.45, 7) is 4.54. The highest BCUT2D eigenvalue weighted by Crippen LogP contribution is 2.27. The van der Waals surface area contributed by atoms with E-state index in [4.69, 9.17) is 0 Å². The Kier molecular flexibility index (Phi) is 5.79. The third-order valence-corrected chi connectivity index (χ3v) is 4.56. The molecule has 1 aromatic heterocycles. The molecule has 5 nitrogen and oxygen atoms in total. The SMILES string of the molecule is Cc1n[nH]c(C)c1CC(=O)NCCC[C@H]1CCCC[C@@H]1O. The van der Waals surface area contributed by atoms with Gasteiger partial charge in [0.25, 0.3) is 0 Å². The summed E-state index contributed by atoms with van der Waals surface area (Å²) >= 11 is 0. The predicted molar refractivity (Wildman–Crippen MR) is 82.0 cm³/mol. The van der Waals surface area contributed by atoms with Crippen LogP contribution in [0.5, 0.6) is 0 Å². The van der Waals surface area contributed by atoms with E-state index in [0.29, 0.717) is 18.9 Å². The minimum Gasteiger partial charge on any atom is -0.393 e. The molecule has 0 bridgehead atoms. The van der Waals surface area contributed by atoms with E-state index in [2.05, 4.69) is 15.5 Å². The zero-order valence-corrected chi connectivity index (χ0v) is 13.1. The lowest BCUT2D eigenvalue weighted by atomic mass is 9.83. The van der Waals surface area contributed by atoms with Gasteiger partial charge in [-0.1, -0.05) is 12.8 Å². The van der Waals surface area contributed by atoms with E-state index in [1.54, 1.807) is 0 Å². The number of H-pyrrole nitrogens is 1. The van der Waals surface area contributed by atoms with E-state index in [1.165, 1.54) is 6.42 Å². The van der Waals surface area contributed by atoms with Gasteiger partial charge in [0, 0.05) is 17.8 Å². The Morgan fingerprint density at radius 2 is 2.14 bits per heavy atom. The van der Waals surface area contributed by atoms with E-state index >= 15 is 0 Å². The number of aliphatic hydroxyl groups is 1. The van der Waals surface area contributed by atoms with Crippen molar-refractivity contribution in [1.29, 1.82) is 0 Å². The third kappa shape index (κ3) is 4.56. The lowest BCUT2D eigenvalue weighted by Crippen LogP contribution is -2.29. The summed E-state index contributed by atoms with van der Waals surface area (Å²) in [4.78, 5) is 11.9. The highest BCUT2D eigenvalue weighted by Gasteiger charge is 2.22. The molecule has 2 rings (SSSR count). The standard InChI is InChI=1S/C16H27N3O2/c1-11-14(12(2)19-18-11)10-16(21)17-9-5-7-13-6-3-4-8-15(13)20/h13,15,20H,3-10H2,1-2H3,(H,17,21)(H,18,19)/t13-,15+/m1/s1. The fraction of sp³-hybridized carbons (Fsp3) is 0.750. The Bertz CT molecular complexity index is 451. The smallest absolute Gasteiger partial charge is 0.224 e. The summed E-state index contributed by atoms with van der Waals surface area (Å²) in [7, 11) is 0. The molecule has 1 amide bonds. The van der Waals surface area contributed by atoms with Crippen LogP contribution < -0.4 is 5.32 Å². The summed E-state index contributed by atoms with van der Waals surface area (Å²) in [6, 6.07) is 0. The molecule has 1 saturated carbocycles. The molecular weight excluding hydrogens is 266 g/mol. The molecule has 0 aromatic carbocycles. The number of aliphatic hydroxyl groups excluding tert-OH is 1. The van der Waals surface area contributed by atoms with Crippen molar-refractivity contribution in [1.82, 2.24) is 15.5 Å². The number of hydrogen-bond donors (Lipinski definition) is 3. The molecule has 0 spiro atoms. The number of aromatic amines is 1. The molecule has 1 heterocycles. The van der Waals surface area contributed by atoms with Crippen LogP contribution in [0.4, 0.5) is 0 Å². The van der Waals surface area contributed by atoms with Crippen LogP contribution in [0, 0.1) is 19.8 Å². The van der Waals surface area contributed by atoms with Gasteiger partial charge in [-0.05, 0) is 45.4 Å². The molecule has 0 unspecified atom stereocenters. The number of nitrogens with one attached hydrogen (secondary N) is 2. The van der Waals surface area contributed by atoms with Crippen molar-refractivity contribution in [2.45, 2.75) is 64.9 Å². The van der Waals surface area contributed by atoms with Crippen molar-refractivity contribution < 1.29 is 9.90 Å². The first-order chi connectivity index (χ1) is 10.1. The van der Waals surface area contributed by atoms with E-state index in [1.807, 2.05) is 13.8 Å². The van der Waals surface area contributed by atoms with Gasteiger partial charge in [0.1, 0.15) is 0 Å². The number of carbonyl (C=O) groups excluding carboxylic acids is 1. The first-order valence-electron chi connectivity index (χ1n) is 8.03. The summed E-state index contributed by atoms with van der Waals surface area (Å²) in [5.74, 6) is 0.473. The first-order valence-corrected chi connectivity index (χ1v) is 8.03. The van der Waals surface area contributed by atoms with E-state index in [-0.39, 0.29) is 12.0 Å². The second kappa shape index (κ2) is 7.59. The number of rotatable bonds is 6. The van der Waals surface area contributed by atoms with Crippen molar-refractivity contribution in [3.8, 4) is 0 Å². The monoisotopic (exact) mass is 293 g/mol. The molecule has 1 aliphatic rings. The fourth-order valence-electron chi connectivity index (χ4n) is 3.17. The van der Waals surface area contributed by atoms with Crippen molar-refractivity contribution in [3.63, 3.8) is 0 Å². The highest BCUT2D eigenvalue weighted by atomic mass is 16.3. The fourth-order valence-corrected chi connectivity index (χ4v) is 3.17. The average Bonchev–Trinajstić information content (AvgIpc) is 2.77. The Morgan fingerprint density at radius 1 is 1.38 bits per heavy atom. The van der Waals surface area contributed by atoms with Crippen LogP contribution in [0.3, 0.4) is 0 Å². The molecule has 21 heavy (non-hydrogen) atoms. The van der Waals surface area contributed by atoms with Crippen molar-refractivity contribution >= 4 is 5.91 Å². The molecule has 118 valence electrons. The molecule has 0 saturated heterocycles. The van der Waals surface area contributed by atoms with Gasteiger partial charge >= 0.3 is 0 Å². The lowest BCUT2D eigenvalue weighted by molar-refractivity contribution is -0.120. The van der Waals surface area contributed by atoms with Crippen molar-refractivity contribution in [2.75, 3.05) is 6.54 Å². The summed E-state index contributed by atoms with van der Waals surface area (Å²) in [5.41, 5.74) is 2.86.